The summed E-state index contributed by atoms with van der Waals surface area (Å²) >= 11 is 0. The molecule has 26 heavy (non-hydrogen) atoms. The molecule has 0 aromatic heterocycles. The largest absolute Gasteiger partial charge is 0.274 e. The number of rotatable bonds is 1. The first-order valence-corrected chi connectivity index (χ1v) is 10.1. The van der Waals surface area contributed by atoms with Gasteiger partial charge in [0.05, 0.1) is 17.5 Å². The molecule has 1 aliphatic heterocycles. The van der Waals surface area contributed by atoms with E-state index in [1.54, 1.807) is 11.1 Å². The Bertz CT molecular complexity index is 898. The predicted molar refractivity (Wildman–Crippen MR) is 99.2 cm³/mol. The first kappa shape index (κ1) is 15.2. The van der Waals surface area contributed by atoms with Crippen molar-refractivity contribution >= 4 is 17.5 Å². The summed E-state index contributed by atoms with van der Waals surface area (Å²) in [6.45, 7) is 7.26. The molecule has 0 spiro atoms. The molecule has 1 aromatic carbocycles. The summed E-state index contributed by atoms with van der Waals surface area (Å²) < 4.78 is 0. The van der Waals surface area contributed by atoms with Gasteiger partial charge in [-0.05, 0) is 60.0 Å². The first-order valence-electron chi connectivity index (χ1n) is 10.1. The lowest BCUT2D eigenvalue weighted by atomic mass is 9.63. The quantitative estimate of drug-likeness (QED) is 0.434. The smallest absolute Gasteiger partial charge is 0.238 e. The highest BCUT2D eigenvalue weighted by Crippen LogP contribution is 2.77. The Kier molecular flexibility index (Phi) is 2.52. The summed E-state index contributed by atoms with van der Waals surface area (Å²) in [4.78, 5) is 28.1. The zero-order valence-corrected chi connectivity index (χ0v) is 15.7. The van der Waals surface area contributed by atoms with E-state index in [9.17, 15) is 9.59 Å². The molecule has 1 aromatic rings. The van der Waals surface area contributed by atoms with Crippen molar-refractivity contribution in [3.8, 4) is 0 Å². The molecule has 0 radical (unpaired) electrons. The van der Waals surface area contributed by atoms with Gasteiger partial charge in [0.15, 0.2) is 0 Å². The molecular formula is C23H25NO2. The second-order valence-electron chi connectivity index (χ2n) is 9.86. The van der Waals surface area contributed by atoms with E-state index in [1.165, 1.54) is 17.7 Å². The maximum Gasteiger partial charge on any atom is 0.238 e. The van der Waals surface area contributed by atoms with E-state index in [2.05, 4.69) is 20.8 Å². The second kappa shape index (κ2) is 4.32. The Hall–Kier alpha value is -1.90. The lowest BCUT2D eigenvalue weighted by molar-refractivity contribution is -0.123. The number of hydrogen-bond donors (Lipinski definition) is 0. The van der Waals surface area contributed by atoms with Gasteiger partial charge in [-0.3, -0.25) is 14.5 Å². The minimum absolute atomic E-state index is 0.0504. The van der Waals surface area contributed by atoms with Crippen molar-refractivity contribution in [3.05, 3.63) is 41.5 Å². The van der Waals surface area contributed by atoms with Crippen LogP contribution in [0.5, 0.6) is 0 Å². The summed E-state index contributed by atoms with van der Waals surface area (Å²) in [6, 6.07) is 9.50. The van der Waals surface area contributed by atoms with Crippen LogP contribution in [0, 0.1) is 40.4 Å². The van der Waals surface area contributed by atoms with E-state index < -0.39 is 0 Å². The van der Waals surface area contributed by atoms with Crippen LogP contribution in [0.15, 0.2) is 41.5 Å². The number of allylic oxidation sites excluding steroid dienone is 2. The molecule has 6 rings (SSSR count). The SMILES string of the molecule is CC12CCC(C3=C1C1CC3[C@H]3C(=O)N(c4ccccc4)C(=O)[C@@H]13)C2(C)C. The van der Waals surface area contributed by atoms with Crippen molar-refractivity contribution < 1.29 is 9.59 Å². The van der Waals surface area contributed by atoms with Crippen LogP contribution < -0.4 is 4.90 Å². The third kappa shape index (κ3) is 1.36. The Balaban J connectivity index is 1.46. The van der Waals surface area contributed by atoms with Crippen LogP contribution in [0.4, 0.5) is 5.69 Å². The van der Waals surface area contributed by atoms with Crippen molar-refractivity contribution in [2.45, 2.75) is 40.0 Å². The highest BCUT2D eigenvalue weighted by atomic mass is 16.2. The number of benzene rings is 1. The monoisotopic (exact) mass is 347 g/mol. The van der Waals surface area contributed by atoms with Crippen LogP contribution in [-0.2, 0) is 9.59 Å². The van der Waals surface area contributed by atoms with E-state index in [-0.39, 0.29) is 34.5 Å². The molecule has 4 aliphatic carbocycles. The second-order valence-corrected chi connectivity index (χ2v) is 9.86. The third-order valence-electron chi connectivity index (χ3n) is 9.06. The van der Waals surface area contributed by atoms with Gasteiger partial charge in [-0.15, -0.1) is 0 Å². The van der Waals surface area contributed by atoms with E-state index in [4.69, 9.17) is 0 Å². The summed E-state index contributed by atoms with van der Waals surface area (Å²) in [7, 11) is 0. The Morgan fingerprint density at radius 2 is 1.62 bits per heavy atom. The maximum atomic E-state index is 13.3. The normalized spacial score (nSPS) is 44.3. The fourth-order valence-electron chi connectivity index (χ4n) is 7.69. The van der Waals surface area contributed by atoms with Gasteiger partial charge in [0, 0.05) is 0 Å². The molecule has 4 bridgehead atoms. The van der Waals surface area contributed by atoms with Gasteiger partial charge < -0.3 is 0 Å². The molecule has 4 unspecified atom stereocenters. The Labute approximate surface area is 154 Å². The number of fused-ring (bicyclic) bond motifs is 11. The van der Waals surface area contributed by atoms with Crippen LogP contribution in [-0.4, -0.2) is 11.8 Å². The topological polar surface area (TPSA) is 37.4 Å². The molecular weight excluding hydrogens is 322 g/mol. The van der Waals surface area contributed by atoms with E-state index in [0.29, 0.717) is 17.8 Å². The summed E-state index contributed by atoms with van der Waals surface area (Å²) in [5, 5.41) is 0. The lowest BCUT2D eigenvalue weighted by Crippen LogP contribution is -2.36. The highest BCUT2D eigenvalue weighted by molar-refractivity contribution is 6.23. The molecule has 6 atom stereocenters. The number of para-hydroxylation sites is 1. The number of nitrogens with zero attached hydrogens (tertiary/aromatic N) is 1. The molecule has 3 heteroatoms. The van der Waals surface area contributed by atoms with E-state index in [0.717, 1.165) is 12.1 Å². The van der Waals surface area contributed by atoms with Gasteiger partial charge in [-0.25, -0.2) is 0 Å². The maximum absolute atomic E-state index is 13.3. The molecule has 5 aliphatic rings. The van der Waals surface area contributed by atoms with Gasteiger partial charge in [-0.2, -0.15) is 0 Å². The van der Waals surface area contributed by atoms with E-state index >= 15 is 0 Å². The number of hydrogen-bond acceptors (Lipinski definition) is 2. The molecule has 1 heterocycles. The predicted octanol–water partition coefficient (Wildman–Crippen LogP) is 4.19. The number of carbonyl (C=O) groups is 2. The minimum atomic E-state index is -0.113. The first-order chi connectivity index (χ1) is 12.4. The van der Waals surface area contributed by atoms with Crippen LogP contribution in [0.25, 0.3) is 0 Å². The average Bonchev–Trinajstić information content (AvgIpc) is 3.34. The van der Waals surface area contributed by atoms with Gasteiger partial charge in [0.25, 0.3) is 0 Å². The van der Waals surface area contributed by atoms with Crippen molar-refractivity contribution in [2.75, 3.05) is 4.90 Å². The zero-order valence-electron chi connectivity index (χ0n) is 15.7. The van der Waals surface area contributed by atoms with E-state index in [1.807, 2.05) is 30.3 Å². The Morgan fingerprint density at radius 3 is 2.31 bits per heavy atom. The van der Waals surface area contributed by atoms with Gasteiger partial charge in [0.2, 0.25) is 11.8 Å². The van der Waals surface area contributed by atoms with Gasteiger partial charge >= 0.3 is 0 Å². The Morgan fingerprint density at radius 1 is 0.962 bits per heavy atom. The van der Waals surface area contributed by atoms with Crippen LogP contribution in [0.2, 0.25) is 0 Å². The summed E-state index contributed by atoms with van der Waals surface area (Å²) in [5.74, 6) is 1.12. The fraction of sp³-hybridized carbons (Fsp3) is 0.565. The number of carbonyl (C=O) groups excluding carboxylic acids is 2. The van der Waals surface area contributed by atoms with Crippen molar-refractivity contribution in [1.29, 1.82) is 0 Å². The molecule has 3 fully saturated rings. The summed E-state index contributed by atoms with van der Waals surface area (Å²) in [5.41, 5.74) is 4.44. The fourth-order valence-corrected chi connectivity index (χ4v) is 7.69. The van der Waals surface area contributed by atoms with Crippen molar-refractivity contribution in [3.63, 3.8) is 0 Å². The van der Waals surface area contributed by atoms with Crippen molar-refractivity contribution in [1.82, 2.24) is 0 Å². The number of imide groups is 1. The van der Waals surface area contributed by atoms with Gasteiger partial charge in [-0.1, -0.05) is 50.1 Å². The standard InChI is InChI=1S/C23H25NO2/c1-22(2)15-9-10-23(22,3)19-14-11-13(16(15)19)17-18(14)21(26)24(20(17)25)12-7-5-4-6-8-12/h4-8,13-15,17-18H,9-11H2,1-3H3/t13?,14?,15?,17-,18+,23?/m1/s1. The summed E-state index contributed by atoms with van der Waals surface area (Å²) in [6.07, 6.45) is 3.55. The van der Waals surface area contributed by atoms with Crippen molar-refractivity contribution in [2.24, 2.45) is 40.4 Å². The zero-order chi connectivity index (χ0) is 18.0. The van der Waals surface area contributed by atoms with Crippen LogP contribution in [0.1, 0.15) is 40.0 Å². The molecule has 2 amide bonds. The van der Waals surface area contributed by atoms with Gasteiger partial charge in [0.1, 0.15) is 0 Å². The third-order valence-corrected chi connectivity index (χ3v) is 9.06. The molecule has 1 saturated heterocycles. The molecule has 2 saturated carbocycles. The van der Waals surface area contributed by atoms with Crippen LogP contribution >= 0.6 is 0 Å². The molecule has 134 valence electrons. The lowest BCUT2D eigenvalue weighted by Gasteiger charge is -2.40. The highest BCUT2D eigenvalue weighted by Gasteiger charge is 2.73. The van der Waals surface area contributed by atoms with Crippen LogP contribution in [0.3, 0.4) is 0 Å². The average molecular weight is 347 g/mol. The molecule has 0 N–H and O–H groups in total. The minimum Gasteiger partial charge on any atom is -0.274 e. The number of amides is 2. The molecule has 3 nitrogen and oxygen atoms in total. The number of anilines is 1.